The number of hydrogen-bond donors (Lipinski definition) is 5. The number of benzene rings is 3. The SMILES string of the molecule is COc1cc(-c2nc(-c3ccc(NC(=O)C4CCCCC4)cc3)c(-c3ccc(NC(=O)C4CCCCC4)cc3)[nH]2)cc(CO)c1O. The van der Waals surface area contributed by atoms with E-state index in [-0.39, 0.29) is 41.8 Å². The van der Waals surface area contributed by atoms with E-state index in [9.17, 15) is 19.8 Å². The highest BCUT2D eigenvalue weighted by atomic mass is 16.5. The molecule has 240 valence electrons. The van der Waals surface area contributed by atoms with Crippen LogP contribution in [0.3, 0.4) is 0 Å². The zero-order chi connectivity index (χ0) is 32.0. The number of aromatic nitrogens is 2. The molecule has 0 saturated heterocycles. The lowest BCUT2D eigenvalue weighted by atomic mass is 9.88. The van der Waals surface area contributed by atoms with Crippen LogP contribution < -0.4 is 15.4 Å². The molecule has 1 aromatic heterocycles. The van der Waals surface area contributed by atoms with Crippen molar-refractivity contribution in [1.82, 2.24) is 9.97 Å². The molecule has 0 atom stereocenters. The lowest BCUT2D eigenvalue weighted by Gasteiger charge is -2.20. The fourth-order valence-electron chi connectivity index (χ4n) is 6.66. The normalized spacial score (nSPS) is 15.8. The first kappa shape index (κ1) is 31.4. The van der Waals surface area contributed by atoms with Crippen LogP contribution in [-0.2, 0) is 16.2 Å². The quantitative estimate of drug-likeness (QED) is 0.130. The zero-order valence-corrected chi connectivity index (χ0v) is 26.3. The summed E-state index contributed by atoms with van der Waals surface area (Å²) in [7, 11) is 1.46. The number of imidazole rings is 1. The highest BCUT2D eigenvalue weighted by Crippen LogP contribution is 2.38. The summed E-state index contributed by atoms with van der Waals surface area (Å²) in [6.45, 7) is -0.363. The molecule has 2 amide bonds. The summed E-state index contributed by atoms with van der Waals surface area (Å²) in [5, 5.41) is 26.5. The summed E-state index contributed by atoms with van der Waals surface area (Å²) in [5.41, 5.74) is 5.61. The molecule has 2 aliphatic carbocycles. The van der Waals surface area contributed by atoms with Gasteiger partial charge in [-0.05, 0) is 62.1 Å². The van der Waals surface area contributed by atoms with E-state index in [2.05, 4.69) is 15.6 Å². The summed E-state index contributed by atoms with van der Waals surface area (Å²) >= 11 is 0. The lowest BCUT2D eigenvalue weighted by Crippen LogP contribution is -2.24. The molecule has 46 heavy (non-hydrogen) atoms. The number of aromatic hydroxyl groups is 1. The zero-order valence-electron chi connectivity index (χ0n) is 26.3. The molecule has 0 aliphatic heterocycles. The van der Waals surface area contributed by atoms with Gasteiger partial charge in [0.2, 0.25) is 11.8 Å². The molecule has 3 aromatic carbocycles. The number of nitrogens with zero attached hydrogens (tertiary/aromatic N) is 1. The molecular weight excluding hydrogens is 580 g/mol. The van der Waals surface area contributed by atoms with Gasteiger partial charge in [0.05, 0.1) is 25.1 Å². The Bertz CT molecular complexity index is 1550. The minimum atomic E-state index is -0.363. The molecule has 9 heteroatoms. The summed E-state index contributed by atoms with van der Waals surface area (Å²) < 4.78 is 5.36. The Hall–Kier alpha value is -4.63. The van der Waals surface area contributed by atoms with Crippen molar-refractivity contribution < 1.29 is 24.5 Å². The van der Waals surface area contributed by atoms with Gasteiger partial charge in [0.15, 0.2) is 11.5 Å². The predicted octanol–water partition coefficient (Wildman–Crippen LogP) is 7.65. The number of aliphatic hydroxyl groups excluding tert-OH is 1. The molecule has 1 heterocycles. The second-order valence-corrected chi connectivity index (χ2v) is 12.5. The first-order chi connectivity index (χ1) is 22.4. The average molecular weight is 623 g/mol. The van der Waals surface area contributed by atoms with Crippen LogP contribution in [0.4, 0.5) is 11.4 Å². The van der Waals surface area contributed by atoms with Gasteiger partial charge >= 0.3 is 0 Å². The summed E-state index contributed by atoms with van der Waals surface area (Å²) in [6, 6.07) is 18.7. The monoisotopic (exact) mass is 622 g/mol. The van der Waals surface area contributed by atoms with Crippen molar-refractivity contribution in [2.75, 3.05) is 17.7 Å². The molecule has 5 N–H and O–H groups in total. The number of H-pyrrole nitrogens is 1. The van der Waals surface area contributed by atoms with E-state index in [1.54, 1.807) is 12.1 Å². The van der Waals surface area contributed by atoms with Crippen LogP contribution in [0.5, 0.6) is 11.5 Å². The number of aliphatic hydroxyl groups is 1. The molecule has 0 unspecified atom stereocenters. The van der Waals surface area contributed by atoms with Crippen LogP contribution in [0.1, 0.15) is 69.8 Å². The maximum Gasteiger partial charge on any atom is 0.227 e. The molecule has 9 nitrogen and oxygen atoms in total. The number of rotatable bonds is 9. The standard InChI is InChI=1S/C37H42N4O5/c1-46-31-21-27(20-28(22-42)34(31)43)35-40-32(23-12-16-29(17-13-23)38-36(44)25-8-4-2-5-9-25)33(41-35)24-14-18-30(19-15-24)39-37(45)26-10-6-3-7-11-26/h12-21,25-26,42-43H,2-11,22H2,1H3,(H,38,44)(H,39,45)(H,40,41). The first-order valence-corrected chi connectivity index (χ1v) is 16.4. The van der Waals surface area contributed by atoms with E-state index < -0.39 is 0 Å². The van der Waals surface area contributed by atoms with Crippen molar-refractivity contribution in [3.63, 3.8) is 0 Å². The maximum atomic E-state index is 12.8. The number of aromatic amines is 1. The highest BCUT2D eigenvalue weighted by Gasteiger charge is 2.23. The highest BCUT2D eigenvalue weighted by molar-refractivity contribution is 5.94. The van der Waals surface area contributed by atoms with Crippen molar-refractivity contribution in [3.05, 3.63) is 66.2 Å². The third-order valence-corrected chi connectivity index (χ3v) is 9.34. The summed E-state index contributed by atoms with van der Waals surface area (Å²) in [5.74, 6) is 0.935. The second-order valence-electron chi connectivity index (χ2n) is 12.5. The van der Waals surface area contributed by atoms with Gasteiger partial charge in [0, 0.05) is 45.5 Å². The van der Waals surface area contributed by atoms with E-state index in [4.69, 9.17) is 9.72 Å². The smallest absolute Gasteiger partial charge is 0.227 e. The van der Waals surface area contributed by atoms with Gasteiger partial charge in [-0.2, -0.15) is 0 Å². The topological polar surface area (TPSA) is 137 Å². The largest absolute Gasteiger partial charge is 0.504 e. The molecule has 4 aromatic rings. The van der Waals surface area contributed by atoms with Crippen LogP contribution >= 0.6 is 0 Å². The van der Waals surface area contributed by atoms with E-state index in [1.165, 1.54) is 20.0 Å². The van der Waals surface area contributed by atoms with Gasteiger partial charge in [0.1, 0.15) is 5.82 Å². The van der Waals surface area contributed by atoms with E-state index >= 15 is 0 Å². The van der Waals surface area contributed by atoms with Crippen LogP contribution in [0.25, 0.3) is 33.9 Å². The Balaban J connectivity index is 1.31. The Kier molecular flexibility index (Phi) is 9.68. The van der Waals surface area contributed by atoms with Crippen molar-refractivity contribution in [3.8, 4) is 45.4 Å². The minimum Gasteiger partial charge on any atom is -0.504 e. The van der Waals surface area contributed by atoms with E-state index in [1.807, 2.05) is 48.5 Å². The molecule has 2 aliphatic rings. The number of hydrogen-bond acceptors (Lipinski definition) is 6. The molecule has 0 spiro atoms. The fraction of sp³-hybridized carbons (Fsp3) is 0.378. The molecule has 2 fully saturated rings. The number of amides is 2. The Morgan fingerprint density at radius 2 is 1.30 bits per heavy atom. The first-order valence-electron chi connectivity index (χ1n) is 16.4. The van der Waals surface area contributed by atoms with Crippen molar-refractivity contribution in [2.45, 2.75) is 70.8 Å². The van der Waals surface area contributed by atoms with Gasteiger partial charge in [-0.25, -0.2) is 4.98 Å². The number of carbonyl (C=O) groups excluding carboxylic acids is 2. The van der Waals surface area contributed by atoms with Crippen LogP contribution in [0.15, 0.2) is 60.7 Å². The molecular formula is C37H42N4O5. The maximum absolute atomic E-state index is 12.8. The van der Waals surface area contributed by atoms with Gasteiger partial charge in [-0.3, -0.25) is 9.59 Å². The Labute approximate surface area is 269 Å². The lowest BCUT2D eigenvalue weighted by molar-refractivity contribution is -0.121. The number of nitrogens with one attached hydrogen (secondary N) is 3. The molecule has 6 rings (SSSR count). The van der Waals surface area contributed by atoms with Crippen molar-refractivity contribution in [1.29, 1.82) is 0 Å². The third kappa shape index (κ3) is 6.94. The van der Waals surface area contributed by atoms with Crippen LogP contribution in [0.2, 0.25) is 0 Å². The van der Waals surface area contributed by atoms with Gasteiger partial charge in [-0.1, -0.05) is 62.8 Å². The number of methoxy groups -OCH3 is 1. The number of anilines is 2. The van der Waals surface area contributed by atoms with Gasteiger partial charge < -0.3 is 30.6 Å². The fourth-order valence-corrected chi connectivity index (χ4v) is 6.66. The molecule has 2 saturated carbocycles. The summed E-state index contributed by atoms with van der Waals surface area (Å²) in [6.07, 6.45) is 10.5. The van der Waals surface area contributed by atoms with Gasteiger partial charge in [-0.15, -0.1) is 0 Å². The Morgan fingerprint density at radius 3 is 1.80 bits per heavy atom. The summed E-state index contributed by atoms with van der Waals surface area (Å²) in [4.78, 5) is 34.1. The second kappa shape index (κ2) is 14.2. The van der Waals surface area contributed by atoms with E-state index in [0.717, 1.165) is 79.6 Å². The molecule has 0 radical (unpaired) electrons. The minimum absolute atomic E-state index is 0.0652. The number of carbonyl (C=O) groups is 2. The Morgan fingerprint density at radius 1 is 0.783 bits per heavy atom. The third-order valence-electron chi connectivity index (χ3n) is 9.34. The van der Waals surface area contributed by atoms with Crippen molar-refractivity contribution in [2.24, 2.45) is 11.8 Å². The number of phenols is 1. The van der Waals surface area contributed by atoms with Crippen LogP contribution in [-0.4, -0.2) is 39.1 Å². The van der Waals surface area contributed by atoms with E-state index in [0.29, 0.717) is 22.6 Å². The predicted molar refractivity (Wildman–Crippen MR) is 179 cm³/mol. The average Bonchev–Trinajstić information content (AvgIpc) is 3.55. The van der Waals surface area contributed by atoms with Gasteiger partial charge in [0.25, 0.3) is 0 Å². The molecule has 0 bridgehead atoms. The van der Waals surface area contributed by atoms with Crippen molar-refractivity contribution >= 4 is 23.2 Å². The number of ether oxygens (including phenoxy) is 1. The van der Waals surface area contributed by atoms with Crippen LogP contribution in [0, 0.1) is 11.8 Å².